The Morgan fingerprint density at radius 3 is 2.84 bits per heavy atom. The van der Waals surface area contributed by atoms with Crippen molar-refractivity contribution < 1.29 is 29.0 Å². The monoisotopic (exact) mass is 350 g/mol. The van der Waals surface area contributed by atoms with Crippen LogP contribution >= 0.6 is 0 Å². The number of carbonyl (C=O) groups is 3. The number of hydrogen-bond donors (Lipinski definition) is 2. The van der Waals surface area contributed by atoms with E-state index in [-0.39, 0.29) is 50.6 Å². The van der Waals surface area contributed by atoms with E-state index in [1.165, 1.54) is 11.8 Å². The molecule has 0 radical (unpaired) electrons. The molecule has 1 heterocycles. The molecule has 1 aliphatic heterocycles. The average Bonchev–Trinajstić information content (AvgIpc) is 2.60. The summed E-state index contributed by atoms with van der Waals surface area (Å²) >= 11 is 0. The van der Waals surface area contributed by atoms with Crippen LogP contribution in [0.25, 0.3) is 0 Å². The van der Waals surface area contributed by atoms with Crippen molar-refractivity contribution >= 4 is 23.3 Å². The first kappa shape index (κ1) is 18.9. The van der Waals surface area contributed by atoms with Gasteiger partial charge in [-0.15, -0.1) is 0 Å². The summed E-state index contributed by atoms with van der Waals surface area (Å²) in [6.07, 6.45) is 0. The lowest BCUT2D eigenvalue weighted by molar-refractivity contribution is -0.127. The Morgan fingerprint density at radius 1 is 1.40 bits per heavy atom. The number of aliphatic hydroxyl groups is 1. The van der Waals surface area contributed by atoms with Crippen molar-refractivity contribution in [1.29, 1.82) is 0 Å². The number of amides is 2. The van der Waals surface area contributed by atoms with Crippen LogP contribution in [0, 0.1) is 0 Å². The summed E-state index contributed by atoms with van der Waals surface area (Å²) in [5, 5.41) is 11.3. The molecule has 1 aromatic rings. The molecule has 8 heteroatoms. The van der Waals surface area contributed by atoms with Crippen molar-refractivity contribution in [1.82, 2.24) is 5.32 Å². The minimum atomic E-state index is -0.768. The van der Waals surface area contributed by atoms with E-state index in [1.54, 1.807) is 25.1 Å². The van der Waals surface area contributed by atoms with Gasteiger partial charge in [0.05, 0.1) is 25.5 Å². The fourth-order valence-electron chi connectivity index (χ4n) is 2.49. The van der Waals surface area contributed by atoms with Crippen LogP contribution in [-0.2, 0) is 14.3 Å². The van der Waals surface area contributed by atoms with Gasteiger partial charge in [-0.05, 0) is 32.0 Å². The molecule has 136 valence electrons. The number of fused-ring (bicyclic) bond motifs is 1. The summed E-state index contributed by atoms with van der Waals surface area (Å²) < 4.78 is 10.5. The van der Waals surface area contributed by atoms with Crippen molar-refractivity contribution in [2.75, 3.05) is 37.9 Å². The van der Waals surface area contributed by atoms with Crippen LogP contribution in [0.2, 0.25) is 0 Å². The molecule has 25 heavy (non-hydrogen) atoms. The van der Waals surface area contributed by atoms with Gasteiger partial charge in [-0.3, -0.25) is 19.3 Å². The summed E-state index contributed by atoms with van der Waals surface area (Å²) in [6, 6.07) is 4.04. The Bertz CT molecular complexity index is 661. The van der Waals surface area contributed by atoms with Gasteiger partial charge in [0.2, 0.25) is 5.91 Å². The highest BCUT2D eigenvalue weighted by Gasteiger charge is 2.33. The first-order valence-electron chi connectivity index (χ1n) is 8.02. The molecule has 0 spiro atoms. The van der Waals surface area contributed by atoms with Crippen LogP contribution in [0.3, 0.4) is 0 Å². The molecule has 2 N–H and O–H groups in total. The normalized spacial score (nSPS) is 14.5. The van der Waals surface area contributed by atoms with Crippen LogP contribution in [0.15, 0.2) is 18.2 Å². The van der Waals surface area contributed by atoms with E-state index in [9.17, 15) is 14.4 Å². The molecule has 0 aliphatic carbocycles. The zero-order valence-electron chi connectivity index (χ0n) is 14.3. The number of anilines is 1. The third-order valence-corrected chi connectivity index (χ3v) is 3.79. The number of hydrogen-bond acceptors (Lipinski definition) is 6. The number of ketones is 1. The number of nitrogens with zero attached hydrogens (tertiary/aromatic N) is 1. The van der Waals surface area contributed by atoms with Crippen LogP contribution < -0.4 is 15.0 Å². The fourth-order valence-corrected chi connectivity index (χ4v) is 2.49. The van der Waals surface area contributed by atoms with E-state index in [2.05, 4.69) is 5.32 Å². The van der Waals surface area contributed by atoms with Crippen LogP contribution in [0.5, 0.6) is 5.75 Å². The topological polar surface area (TPSA) is 105 Å². The van der Waals surface area contributed by atoms with Crippen molar-refractivity contribution in [3.05, 3.63) is 23.8 Å². The third kappa shape index (κ3) is 4.55. The zero-order valence-corrected chi connectivity index (χ0v) is 14.3. The number of nitrogens with one attached hydrogen (secondary N) is 1. The Balaban J connectivity index is 2.12. The van der Waals surface area contributed by atoms with E-state index in [0.29, 0.717) is 17.0 Å². The first-order valence-corrected chi connectivity index (χ1v) is 8.02. The maximum atomic E-state index is 12.3. The van der Waals surface area contributed by atoms with Gasteiger partial charge in [0.1, 0.15) is 11.8 Å². The molecule has 2 rings (SSSR count). The van der Waals surface area contributed by atoms with Gasteiger partial charge in [-0.2, -0.15) is 0 Å². The summed E-state index contributed by atoms with van der Waals surface area (Å²) in [5.74, 6) is -0.385. The van der Waals surface area contributed by atoms with Crippen molar-refractivity contribution in [2.45, 2.75) is 19.9 Å². The molecule has 1 atom stereocenters. The second kappa shape index (κ2) is 8.59. The van der Waals surface area contributed by atoms with E-state index >= 15 is 0 Å². The number of ether oxygens (including phenoxy) is 2. The predicted molar refractivity (Wildman–Crippen MR) is 89.8 cm³/mol. The smallest absolute Gasteiger partial charge is 0.265 e. The molecule has 0 saturated carbocycles. The predicted octanol–water partition coefficient (Wildman–Crippen LogP) is 0.128. The van der Waals surface area contributed by atoms with Crippen molar-refractivity contribution in [2.24, 2.45) is 0 Å². The molecular weight excluding hydrogens is 328 g/mol. The lowest BCUT2D eigenvalue weighted by Gasteiger charge is -2.33. The maximum absolute atomic E-state index is 12.3. The van der Waals surface area contributed by atoms with Gasteiger partial charge < -0.3 is 19.9 Å². The number of benzene rings is 1. The Hall–Kier alpha value is -2.45. The Morgan fingerprint density at radius 2 is 2.16 bits per heavy atom. The summed E-state index contributed by atoms with van der Waals surface area (Å²) in [4.78, 5) is 37.6. The highest BCUT2D eigenvalue weighted by Crippen LogP contribution is 2.34. The van der Waals surface area contributed by atoms with E-state index in [4.69, 9.17) is 14.6 Å². The first-order chi connectivity index (χ1) is 12.0. The molecule has 1 unspecified atom stereocenters. The van der Waals surface area contributed by atoms with Gasteiger partial charge in [-0.25, -0.2) is 0 Å². The van der Waals surface area contributed by atoms with E-state index in [1.807, 2.05) is 0 Å². The maximum Gasteiger partial charge on any atom is 0.265 e. The van der Waals surface area contributed by atoms with E-state index < -0.39 is 6.04 Å². The summed E-state index contributed by atoms with van der Waals surface area (Å²) in [7, 11) is 0. The lowest BCUT2D eigenvalue weighted by atomic mass is 10.1. The minimum Gasteiger partial charge on any atom is -0.482 e. The van der Waals surface area contributed by atoms with Crippen molar-refractivity contribution in [3.8, 4) is 5.75 Å². The zero-order chi connectivity index (χ0) is 18.4. The average molecular weight is 350 g/mol. The second-order valence-corrected chi connectivity index (χ2v) is 5.59. The fraction of sp³-hybridized carbons (Fsp3) is 0.471. The Labute approximate surface area is 145 Å². The van der Waals surface area contributed by atoms with Gasteiger partial charge in [0.25, 0.3) is 5.91 Å². The third-order valence-electron chi connectivity index (χ3n) is 3.79. The molecule has 0 aromatic heterocycles. The molecule has 0 fully saturated rings. The molecule has 1 aromatic carbocycles. The standard InChI is InChI=1S/C17H22N2O6/c1-11(17(23)18-5-7-24-8-6-20)19-14-9-13(12(2)21)3-4-15(14)25-10-16(19)22/h3-4,9,11,20H,5-8,10H2,1-2H3,(H,18,23). The quantitative estimate of drug-likeness (QED) is 0.510. The Kier molecular flexibility index (Phi) is 6.49. The number of carbonyl (C=O) groups excluding carboxylic acids is 3. The van der Waals surface area contributed by atoms with Crippen molar-refractivity contribution in [3.63, 3.8) is 0 Å². The van der Waals surface area contributed by atoms with Gasteiger partial charge in [0.15, 0.2) is 12.4 Å². The van der Waals surface area contributed by atoms with E-state index in [0.717, 1.165) is 0 Å². The van der Waals surface area contributed by atoms with Crippen LogP contribution in [-0.4, -0.2) is 61.7 Å². The number of rotatable bonds is 8. The molecule has 0 bridgehead atoms. The second-order valence-electron chi connectivity index (χ2n) is 5.59. The largest absolute Gasteiger partial charge is 0.482 e. The van der Waals surface area contributed by atoms with Gasteiger partial charge in [-0.1, -0.05) is 0 Å². The van der Waals surface area contributed by atoms with Gasteiger partial charge in [0, 0.05) is 12.1 Å². The molecule has 2 amide bonds. The minimum absolute atomic E-state index is 0.0815. The molecule has 8 nitrogen and oxygen atoms in total. The number of aliphatic hydroxyl groups excluding tert-OH is 1. The molecular formula is C17H22N2O6. The summed E-state index contributed by atoms with van der Waals surface area (Å²) in [5.41, 5.74) is 0.843. The highest BCUT2D eigenvalue weighted by molar-refractivity contribution is 6.05. The van der Waals surface area contributed by atoms with Crippen LogP contribution in [0.4, 0.5) is 5.69 Å². The van der Waals surface area contributed by atoms with Crippen LogP contribution in [0.1, 0.15) is 24.2 Å². The number of Topliss-reactive ketones (excluding diaryl/α,β-unsaturated/α-hetero) is 1. The SMILES string of the molecule is CC(=O)c1ccc2c(c1)N(C(C)C(=O)NCCOCCO)C(=O)CO2. The summed E-state index contributed by atoms with van der Waals surface area (Å²) in [6.45, 7) is 3.53. The highest BCUT2D eigenvalue weighted by atomic mass is 16.5. The van der Waals surface area contributed by atoms with Gasteiger partial charge >= 0.3 is 0 Å². The lowest BCUT2D eigenvalue weighted by Crippen LogP contribution is -2.51. The molecule has 1 aliphatic rings. The molecule has 0 saturated heterocycles.